The summed E-state index contributed by atoms with van der Waals surface area (Å²) in [6, 6.07) is 10.0. The lowest BCUT2D eigenvalue weighted by molar-refractivity contribution is -0.116. The zero-order chi connectivity index (χ0) is 20.9. The second-order valence-corrected chi connectivity index (χ2v) is 9.76. The van der Waals surface area contributed by atoms with Gasteiger partial charge in [0.05, 0.1) is 16.3 Å². The number of nitrogens with one attached hydrogen (secondary N) is 1. The molecule has 0 unspecified atom stereocenters. The van der Waals surface area contributed by atoms with Gasteiger partial charge >= 0.3 is 0 Å². The van der Waals surface area contributed by atoms with Gasteiger partial charge in [0.15, 0.2) is 10.2 Å². The van der Waals surface area contributed by atoms with Crippen LogP contribution >= 0.6 is 34.4 Å². The number of hydrogen-bond acceptors (Lipinski definition) is 8. The van der Waals surface area contributed by atoms with E-state index in [1.54, 1.807) is 34.4 Å². The van der Waals surface area contributed by atoms with Crippen LogP contribution in [0, 0.1) is 13.8 Å². The number of thioether (sulfide) groups is 1. The molecule has 0 aliphatic heterocycles. The van der Waals surface area contributed by atoms with Gasteiger partial charge in [0, 0.05) is 23.9 Å². The lowest BCUT2D eigenvalue weighted by Gasteiger charge is -2.08. The molecule has 30 heavy (non-hydrogen) atoms. The number of carbonyl (C=O) groups excluding carboxylic acids is 1. The first-order valence-electron chi connectivity index (χ1n) is 9.37. The third kappa shape index (κ3) is 5.35. The standard InChI is InChI=1S/C21H20N4O2S3/c1-13-5-6-15(14(2)10-13)22-19(26)7-8-20-24-18(25-27-20)12-30-21-23-16(11-29-21)17-4-3-9-28-17/h3-6,9-11H,7-8,12H2,1-2H3,(H,22,26). The molecular weight excluding hydrogens is 436 g/mol. The number of anilines is 1. The number of thiazole rings is 1. The smallest absolute Gasteiger partial charge is 0.227 e. The zero-order valence-corrected chi connectivity index (χ0v) is 19.0. The van der Waals surface area contributed by atoms with Gasteiger partial charge in [0.25, 0.3) is 0 Å². The van der Waals surface area contributed by atoms with Gasteiger partial charge in [-0.15, -0.1) is 22.7 Å². The van der Waals surface area contributed by atoms with E-state index in [-0.39, 0.29) is 5.91 Å². The molecule has 6 nitrogen and oxygen atoms in total. The average molecular weight is 457 g/mol. The van der Waals surface area contributed by atoms with Crippen molar-refractivity contribution >= 4 is 46.0 Å². The number of carbonyl (C=O) groups is 1. The first-order valence-corrected chi connectivity index (χ1v) is 12.1. The first kappa shape index (κ1) is 20.8. The minimum Gasteiger partial charge on any atom is -0.339 e. The van der Waals surface area contributed by atoms with E-state index in [9.17, 15) is 4.79 Å². The van der Waals surface area contributed by atoms with Crippen LogP contribution in [0.2, 0.25) is 0 Å². The van der Waals surface area contributed by atoms with Crippen molar-refractivity contribution in [1.29, 1.82) is 0 Å². The number of rotatable bonds is 8. The van der Waals surface area contributed by atoms with Gasteiger partial charge < -0.3 is 9.84 Å². The monoisotopic (exact) mass is 456 g/mol. The predicted molar refractivity (Wildman–Crippen MR) is 122 cm³/mol. The van der Waals surface area contributed by atoms with E-state index in [2.05, 4.69) is 31.9 Å². The molecule has 0 spiro atoms. The summed E-state index contributed by atoms with van der Waals surface area (Å²) in [5, 5.41) is 11.1. The van der Waals surface area contributed by atoms with Crippen molar-refractivity contribution in [3.05, 3.63) is 63.9 Å². The summed E-state index contributed by atoms with van der Waals surface area (Å²) in [6.07, 6.45) is 0.701. The molecule has 154 valence electrons. The molecule has 0 bridgehead atoms. The molecule has 3 aromatic heterocycles. The highest BCUT2D eigenvalue weighted by atomic mass is 32.2. The summed E-state index contributed by atoms with van der Waals surface area (Å²) >= 11 is 4.87. The molecule has 0 radical (unpaired) electrons. The molecule has 9 heteroatoms. The Morgan fingerprint density at radius 2 is 2.10 bits per heavy atom. The predicted octanol–water partition coefficient (Wildman–Crippen LogP) is 5.74. The van der Waals surface area contributed by atoms with Gasteiger partial charge in [-0.05, 0) is 36.9 Å². The van der Waals surface area contributed by atoms with E-state index in [1.165, 1.54) is 10.4 Å². The number of nitrogens with zero attached hydrogens (tertiary/aromatic N) is 3. The van der Waals surface area contributed by atoms with Gasteiger partial charge in [0.1, 0.15) is 0 Å². The molecule has 4 aromatic rings. The van der Waals surface area contributed by atoms with Crippen molar-refractivity contribution < 1.29 is 9.32 Å². The summed E-state index contributed by atoms with van der Waals surface area (Å²) in [4.78, 5) is 22.4. The number of hydrogen-bond donors (Lipinski definition) is 1. The lowest BCUT2D eigenvalue weighted by Crippen LogP contribution is -2.13. The van der Waals surface area contributed by atoms with Gasteiger partial charge in [0.2, 0.25) is 11.8 Å². The Balaban J connectivity index is 1.25. The molecule has 1 amide bonds. The normalized spacial score (nSPS) is 11.0. The van der Waals surface area contributed by atoms with Crippen LogP contribution in [0.3, 0.4) is 0 Å². The van der Waals surface area contributed by atoms with Crippen LogP contribution in [0.1, 0.15) is 29.3 Å². The summed E-state index contributed by atoms with van der Waals surface area (Å²) in [6.45, 7) is 4.01. The Labute approximate surface area is 186 Å². The van der Waals surface area contributed by atoms with E-state index in [4.69, 9.17) is 4.52 Å². The van der Waals surface area contributed by atoms with Gasteiger partial charge in [-0.2, -0.15) is 4.98 Å². The fourth-order valence-corrected chi connectivity index (χ4v) is 5.25. The quantitative estimate of drug-likeness (QED) is 0.341. The zero-order valence-electron chi connectivity index (χ0n) is 16.5. The minimum absolute atomic E-state index is 0.0695. The molecule has 1 aromatic carbocycles. The third-order valence-corrected chi connectivity index (χ3v) is 7.22. The maximum Gasteiger partial charge on any atom is 0.227 e. The molecule has 0 aliphatic carbocycles. The second-order valence-electron chi connectivity index (χ2n) is 6.74. The van der Waals surface area contributed by atoms with Gasteiger partial charge in [-0.3, -0.25) is 4.79 Å². The number of amides is 1. The summed E-state index contributed by atoms with van der Waals surface area (Å²) in [7, 11) is 0. The Morgan fingerprint density at radius 1 is 1.20 bits per heavy atom. The number of benzene rings is 1. The molecule has 0 fully saturated rings. The third-order valence-electron chi connectivity index (χ3n) is 4.31. The Hall–Kier alpha value is -2.49. The Bertz CT molecular complexity index is 1140. The van der Waals surface area contributed by atoms with E-state index in [0.717, 1.165) is 21.3 Å². The number of aryl methyl sites for hydroxylation is 3. The second kappa shape index (κ2) is 9.55. The average Bonchev–Trinajstić information content (AvgIpc) is 3.48. The minimum atomic E-state index is -0.0695. The van der Waals surface area contributed by atoms with Gasteiger partial charge in [-0.1, -0.05) is 40.7 Å². The first-order chi connectivity index (χ1) is 14.6. The molecule has 3 heterocycles. The highest BCUT2D eigenvalue weighted by Crippen LogP contribution is 2.31. The highest BCUT2D eigenvalue weighted by Gasteiger charge is 2.12. The Morgan fingerprint density at radius 3 is 2.90 bits per heavy atom. The lowest BCUT2D eigenvalue weighted by atomic mass is 10.1. The van der Waals surface area contributed by atoms with Crippen LogP contribution < -0.4 is 5.32 Å². The van der Waals surface area contributed by atoms with E-state index < -0.39 is 0 Å². The van der Waals surface area contributed by atoms with Crippen molar-refractivity contribution in [3.63, 3.8) is 0 Å². The summed E-state index contributed by atoms with van der Waals surface area (Å²) in [5.41, 5.74) is 4.05. The Kier molecular flexibility index (Phi) is 6.61. The van der Waals surface area contributed by atoms with Crippen LogP contribution in [0.25, 0.3) is 10.6 Å². The maximum atomic E-state index is 12.2. The largest absolute Gasteiger partial charge is 0.339 e. The number of aromatic nitrogens is 3. The molecule has 0 atom stereocenters. The molecule has 1 N–H and O–H groups in total. The van der Waals surface area contributed by atoms with E-state index in [1.807, 2.05) is 43.5 Å². The fourth-order valence-electron chi connectivity index (χ4n) is 2.82. The molecule has 0 saturated heterocycles. The van der Waals surface area contributed by atoms with Gasteiger partial charge in [-0.25, -0.2) is 4.98 Å². The topological polar surface area (TPSA) is 80.9 Å². The molecule has 0 saturated carbocycles. The van der Waals surface area contributed by atoms with Crippen LogP contribution in [-0.2, 0) is 17.0 Å². The molecular formula is C21H20N4O2S3. The maximum absolute atomic E-state index is 12.2. The van der Waals surface area contributed by atoms with Crippen molar-refractivity contribution in [2.75, 3.05) is 5.32 Å². The van der Waals surface area contributed by atoms with E-state index in [0.29, 0.717) is 30.3 Å². The highest BCUT2D eigenvalue weighted by molar-refractivity contribution is 8.00. The van der Waals surface area contributed by atoms with Crippen molar-refractivity contribution in [1.82, 2.24) is 15.1 Å². The summed E-state index contributed by atoms with van der Waals surface area (Å²) < 4.78 is 6.26. The van der Waals surface area contributed by atoms with Crippen molar-refractivity contribution in [2.24, 2.45) is 0 Å². The van der Waals surface area contributed by atoms with Crippen molar-refractivity contribution in [2.45, 2.75) is 36.8 Å². The SMILES string of the molecule is Cc1ccc(NC(=O)CCc2nc(CSc3nc(-c4cccs4)cs3)no2)c(C)c1. The summed E-state index contributed by atoms with van der Waals surface area (Å²) in [5.74, 6) is 1.59. The molecule has 0 aliphatic rings. The van der Waals surface area contributed by atoms with Crippen molar-refractivity contribution in [3.8, 4) is 10.6 Å². The fraction of sp³-hybridized carbons (Fsp3) is 0.238. The van der Waals surface area contributed by atoms with Crippen LogP contribution in [0.5, 0.6) is 0 Å². The molecule has 4 rings (SSSR count). The van der Waals surface area contributed by atoms with Crippen LogP contribution in [-0.4, -0.2) is 21.0 Å². The number of thiophene rings is 1. The van der Waals surface area contributed by atoms with Crippen LogP contribution in [0.15, 0.2) is 50.0 Å². The van der Waals surface area contributed by atoms with E-state index >= 15 is 0 Å². The van der Waals surface area contributed by atoms with Crippen LogP contribution in [0.4, 0.5) is 5.69 Å².